The van der Waals surface area contributed by atoms with Crippen LogP contribution in [0.15, 0.2) is 0 Å². The molecule has 0 aromatic heterocycles. The molecule has 0 aliphatic carbocycles. The largest absolute Gasteiger partial charge is 0.364 e. The maximum atomic E-state index is 11.2. The molecule has 0 radical (unpaired) electrons. The van der Waals surface area contributed by atoms with Crippen molar-refractivity contribution in [1.29, 1.82) is 0 Å². The van der Waals surface area contributed by atoms with Crippen LogP contribution < -0.4 is 11.3 Å². The first-order chi connectivity index (χ1) is 7.17. The highest BCUT2D eigenvalue weighted by Gasteiger charge is 2.30. The van der Waals surface area contributed by atoms with E-state index in [-0.39, 0.29) is 18.1 Å². The van der Waals surface area contributed by atoms with Crippen LogP contribution in [0.5, 0.6) is 0 Å². The van der Waals surface area contributed by atoms with E-state index in [0.29, 0.717) is 0 Å². The Morgan fingerprint density at radius 2 is 2.33 bits per heavy atom. The Morgan fingerprint density at radius 1 is 1.60 bits per heavy atom. The van der Waals surface area contributed by atoms with Gasteiger partial charge >= 0.3 is 0 Å². The Labute approximate surface area is 90.9 Å². The maximum absolute atomic E-state index is 11.2. The van der Waals surface area contributed by atoms with Crippen LogP contribution in [0.3, 0.4) is 0 Å². The van der Waals surface area contributed by atoms with Crippen molar-refractivity contribution in [3.8, 4) is 0 Å². The summed E-state index contributed by atoms with van der Waals surface area (Å²) in [6.07, 6.45) is 2.66. The molecule has 2 atom stereocenters. The van der Waals surface area contributed by atoms with Gasteiger partial charge in [-0.3, -0.25) is 10.2 Å². The number of ether oxygens (including phenoxy) is 1. The van der Waals surface area contributed by atoms with E-state index in [0.717, 1.165) is 32.4 Å². The molecule has 0 spiro atoms. The van der Waals surface area contributed by atoms with Gasteiger partial charge in [-0.2, -0.15) is 0 Å². The molecular weight excluding hydrogens is 194 g/mol. The zero-order chi connectivity index (χ0) is 11.3. The van der Waals surface area contributed by atoms with Crippen LogP contribution in [-0.4, -0.2) is 43.2 Å². The number of nitrogens with two attached hydrogens (primary N) is 1. The maximum Gasteiger partial charge on any atom is 0.263 e. The smallest absolute Gasteiger partial charge is 0.263 e. The van der Waals surface area contributed by atoms with E-state index in [4.69, 9.17) is 10.6 Å². The average Bonchev–Trinajstić information content (AvgIpc) is 2.65. The predicted molar refractivity (Wildman–Crippen MR) is 58.0 cm³/mol. The van der Waals surface area contributed by atoms with Gasteiger partial charge < -0.3 is 9.64 Å². The fourth-order valence-electron chi connectivity index (χ4n) is 1.95. The lowest BCUT2D eigenvalue weighted by Gasteiger charge is -2.20. The molecule has 1 amide bonds. The molecule has 1 aliphatic heterocycles. The highest BCUT2D eigenvalue weighted by molar-refractivity contribution is 5.80. The molecule has 15 heavy (non-hydrogen) atoms. The number of likely N-dealkylation sites (N-methyl/N-ethyl adjacent to an activating group) is 1. The first-order valence-corrected chi connectivity index (χ1v) is 5.51. The van der Waals surface area contributed by atoms with Gasteiger partial charge in [-0.15, -0.1) is 0 Å². The molecule has 0 aromatic carbocycles. The molecule has 1 heterocycles. The van der Waals surface area contributed by atoms with E-state index in [1.54, 1.807) is 0 Å². The van der Waals surface area contributed by atoms with E-state index in [1.165, 1.54) is 0 Å². The summed E-state index contributed by atoms with van der Waals surface area (Å²) in [5, 5.41) is 0. The highest BCUT2D eigenvalue weighted by Crippen LogP contribution is 2.20. The lowest BCUT2D eigenvalue weighted by Crippen LogP contribution is -2.40. The summed E-state index contributed by atoms with van der Waals surface area (Å²) < 4.78 is 5.60. The van der Waals surface area contributed by atoms with Gasteiger partial charge in [-0.05, 0) is 32.9 Å². The molecule has 5 nitrogen and oxygen atoms in total. The molecular formula is C10H21N3O2. The van der Waals surface area contributed by atoms with Crippen LogP contribution in [0, 0.1) is 0 Å². The minimum absolute atomic E-state index is 0.170. The van der Waals surface area contributed by atoms with Crippen LogP contribution in [0.1, 0.15) is 26.2 Å². The van der Waals surface area contributed by atoms with Crippen molar-refractivity contribution in [3.05, 3.63) is 0 Å². The number of rotatable bonds is 5. The van der Waals surface area contributed by atoms with Crippen LogP contribution in [0.2, 0.25) is 0 Å². The number of nitrogens with zero attached hydrogens (tertiary/aromatic N) is 1. The van der Waals surface area contributed by atoms with Crippen molar-refractivity contribution in [1.82, 2.24) is 10.3 Å². The molecule has 0 bridgehead atoms. The Bertz CT molecular complexity index is 211. The molecule has 2 unspecified atom stereocenters. The lowest BCUT2D eigenvalue weighted by molar-refractivity contribution is -0.132. The second kappa shape index (κ2) is 6.05. The quantitative estimate of drug-likeness (QED) is 0.381. The van der Waals surface area contributed by atoms with Crippen molar-refractivity contribution in [2.75, 3.05) is 20.1 Å². The summed E-state index contributed by atoms with van der Waals surface area (Å²) in [6.45, 7) is 4.10. The van der Waals surface area contributed by atoms with Crippen molar-refractivity contribution >= 4 is 5.91 Å². The van der Waals surface area contributed by atoms with E-state index in [1.807, 2.05) is 0 Å². The molecule has 3 N–H and O–H groups in total. The van der Waals surface area contributed by atoms with Gasteiger partial charge in [0.25, 0.3) is 5.91 Å². The van der Waals surface area contributed by atoms with Crippen molar-refractivity contribution < 1.29 is 9.53 Å². The van der Waals surface area contributed by atoms with Crippen LogP contribution >= 0.6 is 0 Å². The average molecular weight is 215 g/mol. The molecule has 1 aliphatic rings. The first-order valence-electron chi connectivity index (χ1n) is 5.51. The molecule has 88 valence electrons. The van der Waals surface area contributed by atoms with Crippen molar-refractivity contribution in [2.45, 2.75) is 38.4 Å². The van der Waals surface area contributed by atoms with Gasteiger partial charge in [0.1, 0.15) is 6.10 Å². The molecule has 0 aromatic rings. The number of carbonyl (C=O) groups excluding carboxylic acids is 1. The molecule has 0 saturated carbocycles. The minimum atomic E-state index is -0.352. The molecule has 1 fully saturated rings. The molecule has 1 rings (SSSR count). The van der Waals surface area contributed by atoms with E-state index in [9.17, 15) is 4.79 Å². The molecule has 5 heteroatoms. The summed E-state index contributed by atoms with van der Waals surface area (Å²) >= 11 is 0. The second-order valence-electron chi connectivity index (χ2n) is 4.09. The summed E-state index contributed by atoms with van der Waals surface area (Å²) in [5.41, 5.74) is 2.13. The van der Waals surface area contributed by atoms with Crippen LogP contribution in [0.4, 0.5) is 0 Å². The third-order valence-corrected chi connectivity index (χ3v) is 2.66. The van der Waals surface area contributed by atoms with Crippen molar-refractivity contribution in [3.63, 3.8) is 0 Å². The topological polar surface area (TPSA) is 67.6 Å². The van der Waals surface area contributed by atoms with E-state index >= 15 is 0 Å². The lowest BCUT2D eigenvalue weighted by atomic mass is 10.2. The number of hydrazine groups is 1. The fraction of sp³-hybridized carbons (Fsp3) is 0.900. The summed E-state index contributed by atoms with van der Waals surface area (Å²) in [7, 11) is 2.07. The number of nitrogens with one attached hydrogen (secondary N) is 1. The minimum Gasteiger partial charge on any atom is -0.364 e. The third kappa shape index (κ3) is 3.77. The van der Waals surface area contributed by atoms with Crippen molar-refractivity contribution in [2.24, 2.45) is 5.84 Å². The summed E-state index contributed by atoms with van der Waals surface area (Å²) in [5.74, 6) is 4.84. The highest BCUT2D eigenvalue weighted by atomic mass is 16.5. The van der Waals surface area contributed by atoms with E-state index in [2.05, 4.69) is 24.3 Å². The summed E-state index contributed by atoms with van der Waals surface area (Å²) in [4.78, 5) is 13.4. The summed E-state index contributed by atoms with van der Waals surface area (Å²) in [6, 6.07) is 0. The third-order valence-electron chi connectivity index (χ3n) is 2.66. The number of hydrogen-bond donors (Lipinski definition) is 2. The second-order valence-corrected chi connectivity index (χ2v) is 4.09. The van der Waals surface area contributed by atoms with Gasteiger partial charge in [-0.25, -0.2) is 5.84 Å². The predicted octanol–water partition coefficient (Wildman–Crippen LogP) is -0.134. The fourth-order valence-corrected chi connectivity index (χ4v) is 1.95. The van der Waals surface area contributed by atoms with Gasteiger partial charge in [0.15, 0.2) is 0 Å². The standard InChI is InChI=1S/C10H21N3O2/c1-3-6-13(2)7-8-4-5-9(15-8)10(14)12-11/h8-9H,3-7,11H2,1-2H3,(H,12,14). The zero-order valence-electron chi connectivity index (χ0n) is 9.53. The van der Waals surface area contributed by atoms with Gasteiger partial charge in [0.05, 0.1) is 6.10 Å². The zero-order valence-corrected chi connectivity index (χ0v) is 9.53. The van der Waals surface area contributed by atoms with Crippen LogP contribution in [-0.2, 0) is 9.53 Å². The first kappa shape index (κ1) is 12.4. The number of hydrogen-bond acceptors (Lipinski definition) is 4. The number of carbonyl (C=O) groups is 1. The Balaban J connectivity index is 2.27. The number of amides is 1. The monoisotopic (exact) mass is 215 g/mol. The molecule has 1 saturated heterocycles. The Morgan fingerprint density at radius 3 is 2.93 bits per heavy atom. The van der Waals surface area contributed by atoms with Gasteiger partial charge in [0, 0.05) is 6.54 Å². The van der Waals surface area contributed by atoms with Gasteiger partial charge in [-0.1, -0.05) is 6.92 Å². The Kier molecular flexibility index (Phi) is 5.01. The van der Waals surface area contributed by atoms with Gasteiger partial charge in [0.2, 0.25) is 0 Å². The normalized spacial score (nSPS) is 25.9. The SMILES string of the molecule is CCCN(C)CC1CCC(C(=O)NN)O1. The Hall–Kier alpha value is -0.650. The van der Waals surface area contributed by atoms with Crippen LogP contribution in [0.25, 0.3) is 0 Å². The van der Waals surface area contributed by atoms with E-state index < -0.39 is 0 Å².